The van der Waals surface area contributed by atoms with Crippen LogP contribution in [0.15, 0.2) is 11.5 Å². The van der Waals surface area contributed by atoms with Crippen molar-refractivity contribution in [2.24, 2.45) is 5.92 Å². The van der Waals surface area contributed by atoms with Crippen molar-refractivity contribution in [2.75, 3.05) is 6.61 Å². The number of allylic oxidation sites excluding steroid dienone is 2. The number of hydrogen-bond donors (Lipinski definition) is 0. The summed E-state index contributed by atoms with van der Waals surface area (Å²) in [6, 6.07) is 0. The zero-order valence-corrected chi connectivity index (χ0v) is 8.39. The van der Waals surface area contributed by atoms with Crippen molar-refractivity contribution in [3.05, 3.63) is 11.5 Å². The topological polar surface area (TPSA) is 18.5 Å². The first-order valence-electron chi connectivity index (χ1n) is 4.56. The molecule has 0 fully saturated rings. The van der Waals surface area contributed by atoms with E-state index in [0.29, 0.717) is 12.5 Å². The van der Waals surface area contributed by atoms with Gasteiger partial charge in [0.1, 0.15) is 24.2 Å². The molecule has 0 radical (unpaired) electrons. The second-order valence-electron chi connectivity index (χ2n) is 3.79. The van der Waals surface area contributed by atoms with Gasteiger partial charge in [-0.15, -0.1) is 0 Å². The summed E-state index contributed by atoms with van der Waals surface area (Å²) in [7, 11) is 0. The average molecular weight is 170 g/mol. The normalized spacial score (nSPS) is 23.9. The highest BCUT2D eigenvalue weighted by Gasteiger charge is 2.19. The summed E-state index contributed by atoms with van der Waals surface area (Å²) in [4.78, 5) is 0. The SMILES string of the molecule is CC1=C(C)OC(CC(C)C)CO1. The molecule has 1 unspecified atom stereocenters. The maximum Gasteiger partial charge on any atom is 0.132 e. The lowest BCUT2D eigenvalue weighted by Crippen LogP contribution is -2.25. The molecule has 0 aromatic rings. The third kappa shape index (κ3) is 2.43. The minimum absolute atomic E-state index is 0.258. The molecule has 0 bridgehead atoms. The molecule has 0 aromatic heterocycles. The molecule has 1 rings (SSSR count). The van der Waals surface area contributed by atoms with Gasteiger partial charge in [0.2, 0.25) is 0 Å². The third-order valence-corrected chi connectivity index (χ3v) is 2.06. The van der Waals surface area contributed by atoms with E-state index in [-0.39, 0.29) is 6.10 Å². The molecule has 1 aliphatic rings. The van der Waals surface area contributed by atoms with E-state index in [1.54, 1.807) is 0 Å². The Balaban J connectivity index is 2.44. The molecule has 0 saturated heterocycles. The summed E-state index contributed by atoms with van der Waals surface area (Å²) in [5.74, 6) is 2.53. The Labute approximate surface area is 74.6 Å². The third-order valence-electron chi connectivity index (χ3n) is 2.06. The minimum atomic E-state index is 0.258. The molecule has 0 spiro atoms. The fraction of sp³-hybridized carbons (Fsp3) is 0.800. The second-order valence-corrected chi connectivity index (χ2v) is 3.79. The van der Waals surface area contributed by atoms with Gasteiger partial charge in [-0.3, -0.25) is 0 Å². The van der Waals surface area contributed by atoms with Crippen LogP contribution in [0, 0.1) is 5.92 Å². The van der Waals surface area contributed by atoms with Crippen LogP contribution >= 0.6 is 0 Å². The zero-order chi connectivity index (χ0) is 9.14. The van der Waals surface area contributed by atoms with Gasteiger partial charge in [-0.1, -0.05) is 13.8 Å². The van der Waals surface area contributed by atoms with E-state index in [0.717, 1.165) is 17.9 Å². The van der Waals surface area contributed by atoms with E-state index in [1.165, 1.54) is 0 Å². The molecular weight excluding hydrogens is 152 g/mol. The fourth-order valence-electron chi connectivity index (χ4n) is 1.33. The molecule has 1 aliphatic heterocycles. The van der Waals surface area contributed by atoms with Crippen molar-refractivity contribution >= 4 is 0 Å². The quantitative estimate of drug-likeness (QED) is 0.634. The number of ether oxygens (including phenoxy) is 2. The zero-order valence-electron chi connectivity index (χ0n) is 8.39. The van der Waals surface area contributed by atoms with Gasteiger partial charge in [0.05, 0.1) is 0 Å². The van der Waals surface area contributed by atoms with Crippen LogP contribution in [0.25, 0.3) is 0 Å². The Morgan fingerprint density at radius 1 is 1.33 bits per heavy atom. The van der Waals surface area contributed by atoms with E-state index in [1.807, 2.05) is 13.8 Å². The number of rotatable bonds is 2. The van der Waals surface area contributed by atoms with Gasteiger partial charge in [-0.05, 0) is 26.2 Å². The summed E-state index contributed by atoms with van der Waals surface area (Å²) in [5.41, 5.74) is 0. The second kappa shape index (κ2) is 3.83. The molecule has 1 atom stereocenters. The summed E-state index contributed by atoms with van der Waals surface area (Å²) in [6.45, 7) is 9.01. The molecular formula is C10H18O2. The fourth-order valence-corrected chi connectivity index (χ4v) is 1.33. The van der Waals surface area contributed by atoms with E-state index in [2.05, 4.69) is 13.8 Å². The molecule has 2 nitrogen and oxygen atoms in total. The maximum atomic E-state index is 5.66. The van der Waals surface area contributed by atoms with Gasteiger partial charge in [0.15, 0.2) is 0 Å². The molecule has 0 N–H and O–H groups in total. The molecule has 0 aliphatic carbocycles. The lowest BCUT2D eigenvalue weighted by molar-refractivity contribution is -0.0118. The molecule has 0 amide bonds. The van der Waals surface area contributed by atoms with Crippen LogP contribution in [0.5, 0.6) is 0 Å². The number of hydrogen-bond acceptors (Lipinski definition) is 2. The van der Waals surface area contributed by atoms with Crippen LogP contribution in [0.4, 0.5) is 0 Å². The van der Waals surface area contributed by atoms with Crippen LogP contribution in [0.3, 0.4) is 0 Å². The Hall–Kier alpha value is -0.660. The van der Waals surface area contributed by atoms with Gasteiger partial charge in [0, 0.05) is 0 Å². The van der Waals surface area contributed by atoms with Gasteiger partial charge in [0.25, 0.3) is 0 Å². The Morgan fingerprint density at radius 3 is 2.50 bits per heavy atom. The maximum absolute atomic E-state index is 5.66. The lowest BCUT2D eigenvalue weighted by atomic mass is 10.1. The molecule has 1 heterocycles. The highest BCUT2D eigenvalue weighted by Crippen LogP contribution is 2.20. The Bertz CT molecular complexity index is 182. The van der Waals surface area contributed by atoms with E-state index >= 15 is 0 Å². The van der Waals surface area contributed by atoms with E-state index < -0.39 is 0 Å². The van der Waals surface area contributed by atoms with Crippen LogP contribution in [0.1, 0.15) is 34.1 Å². The minimum Gasteiger partial charge on any atom is -0.491 e. The van der Waals surface area contributed by atoms with Gasteiger partial charge >= 0.3 is 0 Å². The molecule has 12 heavy (non-hydrogen) atoms. The van der Waals surface area contributed by atoms with Crippen LogP contribution in [-0.2, 0) is 9.47 Å². The van der Waals surface area contributed by atoms with Crippen LogP contribution in [-0.4, -0.2) is 12.7 Å². The predicted octanol–water partition coefficient (Wildman–Crippen LogP) is 2.70. The first-order chi connectivity index (χ1) is 5.59. The standard InChI is InChI=1S/C10H18O2/c1-7(2)5-10-6-11-8(3)9(4)12-10/h7,10H,5-6H2,1-4H3. The first kappa shape index (κ1) is 9.43. The van der Waals surface area contributed by atoms with Gasteiger partial charge in [-0.25, -0.2) is 0 Å². The molecule has 2 heteroatoms. The monoisotopic (exact) mass is 170 g/mol. The van der Waals surface area contributed by atoms with Gasteiger partial charge < -0.3 is 9.47 Å². The van der Waals surface area contributed by atoms with E-state index in [9.17, 15) is 0 Å². The van der Waals surface area contributed by atoms with Crippen molar-refractivity contribution < 1.29 is 9.47 Å². The molecule has 0 saturated carbocycles. The summed E-state index contributed by atoms with van der Waals surface area (Å²) < 4.78 is 11.1. The van der Waals surface area contributed by atoms with Crippen LogP contribution in [0.2, 0.25) is 0 Å². The largest absolute Gasteiger partial charge is 0.491 e. The summed E-state index contributed by atoms with van der Waals surface area (Å²) in [5, 5.41) is 0. The summed E-state index contributed by atoms with van der Waals surface area (Å²) >= 11 is 0. The Kier molecular flexibility index (Phi) is 3.01. The highest BCUT2D eigenvalue weighted by molar-refractivity contribution is 4.98. The summed E-state index contributed by atoms with van der Waals surface area (Å²) in [6.07, 6.45) is 1.33. The van der Waals surface area contributed by atoms with Crippen LogP contribution < -0.4 is 0 Å². The average Bonchev–Trinajstić information content (AvgIpc) is 1.96. The van der Waals surface area contributed by atoms with Crippen molar-refractivity contribution in [3.63, 3.8) is 0 Å². The Morgan fingerprint density at radius 2 is 2.00 bits per heavy atom. The molecule has 0 aromatic carbocycles. The van der Waals surface area contributed by atoms with Gasteiger partial charge in [-0.2, -0.15) is 0 Å². The van der Waals surface area contributed by atoms with Crippen molar-refractivity contribution in [3.8, 4) is 0 Å². The highest BCUT2D eigenvalue weighted by atomic mass is 16.6. The predicted molar refractivity (Wildman–Crippen MR) is 48.7 cm³/mol. The van der Waals surface area contributed by atoms with Crippen molar-refractivity contribution in [2.45, 2.75) is 40.2 Å². The molecule has 70 valence electrons. The first-order valence-corrected chi connectivity index (χ1v) is 4.56. The lowest BCUT2D eigenvalue weighted by Gasteiger charge is -2.27. The van der Waals surface area contributed by atoms with E-state index in [4.69, 9.17) is 9.47 Å². The van der Waals surface area contributed by atoms with Crippen molar-refractivity contribution in [1.82, 2.24) is 0 Å². The van der Waals surface area contributed by atoms with Crippen molar-refractivity contribution in [1.29, 1.82) is 0 Å². The smallest absolute Gasteiger partial charge is 0.132 e.